The van der Waals surface area contributed by atoms with Crippen LogP contribution in [0.2, 0.25) is 5.02 Å². The highest BCUT2D eigenvalue weighted by atomic mass is 35.5. The number of thioether (sulfide) groups is 1. The fourth-order valence-electron chi connectivity index (χ4n) is 1.02. The summed E-state index contributed by atoms with van der Waals surface area (Å²) >= 11 is 7.43. The number of halogens is 1. The van der Waals surface area contributed by atoms with E-state index in [0.717, 1.165) is 6.54 Å². The quantitative estimate of drug-likeness (QED) is 0.852. The lowest BCUT2D eigenvalue weighted by Gasteiger charge is -2.10. The van der Waals surface area contributed by atoms with E-state index in [2.05, 4.69) is 17.2 Å². The third-order valence-electron chi connectivity index (χ3n) is 2.02. The van der Waals surface area contributed by atoms with Crippen LogP contribution in [0.3, 0.4) is 0 Å². The van der Waals surface area contributed by atoms with Crippen LogP contribution in [0.5, 0.6) is 0 Å². The summed E-state index contributed by atoms with van der Waals surface area (Å²) in [5, 5.41) is 12.5. The summed E-state index contributed by atoms with van der Waals surface area (Å²) in [5.74, 6) is -0.589. The summed E-state index contributed by atoms with van der Waals surface area (Å²) in [7, 11) is 0. The number of carboxylic acid groups (broad SMARTS) is 1. The number of pyridine rings is 1. The molecule has 88 valence electrons. The molecule has 16 heavy (non-hydrogen) atoms. The molecule has 1 heterocycles. The zero-order chi connectivity index (χ0) is 12.1. The number of anilines is 1. The van der Waals surface area contributed by atoms with Crippen molar-refractivity contribution >= 4 is 35.1 Å². The highest BCUT2D eigenvalue weighted by molar-refractivity contribution is 7.99. The zero-order valence-electron chi connectivity index (χ0n) is 9.03. The summed E-state index contributed by atoms with van der Waals surface area (Å²) < 4.78 is 0. The van der Waals surface area contributed by atoms with Crippen LogP contribution >= 0.6 is 23.4 Å². The lowest BCUT2D eigenvalue weighted by atomic mass is 10.3. The van der Waals surface area contributed by atoms with Gasteiger partial charge in [-0.25, -0.2) is 9.78 Å². The number of aromatic nitrogens is 1. The topological polar surface area (TPSA) is 62.2 Å². The van der Waals surface area contributed by atoms with Crippen molar-refractivity contribution in [2.75, 3.05) is 18.1 Å². The van der Waals surface area contributed by atoms with Gasteiger partial charge in [0.2, 0.25) is 0 Å². The van der Waals surface area contributed by atoms with E-state index in [0.29, 0.717) is 11.1 Å². The molecule has 0 fully saturated rings. The summed E-state index contributed by atoms with van der Waals surface area (Å²) in [5.41, 5.74) is -0.122. The third kappa shape index (κ3) is 3.57. The van der Waals surface area contributed by atoms with Gasteiger partial charge in [0, 0.05) is 11.8 Å². The van der Waals surface area contributed by atoms with Crippen LogP contribution in [0.25, 0.3) is 0 Å². The zero-order valence-corrected chi connectivity index (χ0v) is 10.6. The molecule has 0 bridgehead atoms. The number of nitrogens with zero attached hydrogens (tertiary/aromatic N) is 1. The first-order chi connectivity index (χ1) is 7.54. The summed E-state index contributed by atoms with van der Waals surface area (Å²) in [4.78, 5) is 14.7. The molecule has 1 unspecified atom stereocenters. The molecule has 0 aliphatic heterocycles. The third-order valence-corrected chi connectivity index (χ3v) is 3.30. The minimum absolute atomic E-state index is 0.122. The lowest BCUT2D eigenvalue weighted by molar-refractivity contribution is 0.0691. The molecule has 0 saturated carbocycles. The summed E-state index contributed by atoms with van der Waals surface area (Å²) in [6.45, 7) is 2.81. The standard InChI is InChI=1S/C10H13ClN2O2S/c1-6(16-2)5-12-8-4-3-7(11)9(13-8)10(14)15/h3-4,6H,5H2,1-2H3,(H,12,13)(H,14,15). The lowest BCUT2D eigenvalue weighted by Crippen LogP contribution is -2.14. The smallest absolute Gasteiger partial charge is 0.356 e. The van der Waals surface area contributed by atoms with Crippen molar-refractivity contribution < 1.29 is 9.90 Å². The Morgan fingerprint density at radius 1 is 1.69 bits per heavy atom. The van der Waals surface area contributed by atoms with E-state index in [9.17, 15) is 4.79 Å². The van der Waals surface area contributed by atoms with Crippen LogP contribution in [0, 0.1) is 0 Å². The number of carboxylic acids is 1. The molecule has 0 saturated heterocycles. The van der Waals surface area contributed by atoms with Crippen LogP contribution in [0.1, 0.15) is 17.4 Å². The number of nitrogens with one attached hydrogen (secondary N) is 1. The highest BCUT2D eigenvalue weighted by Gasteiger charge is 2.11. The first-order valence-corrected chi connectivity index (χ1v) is 6.37. The van der Waals surface area contributed by atoms with Crippen LogP contribution in [0.15, 0.2) is 12.1 Å². The minimum Gasteiger partial charge on any atom is -0.476 e. The fraction of sp³-hybridized carbons (Fsp3) is 0.400. The largest absolute Gasteiger partial charge is 0.476 e. The predicted molar refractivity (Wildman–Crippen MR) is 67.7 cm³/mol. The van der Waals surface area contributed by atoms with Crippen molar-refractivity contribution in [3.63, 3.8) is 0 Å². The normalized spacial score (nSPS) is 12.2. The average Bonchev–Trinajstić information content (AvgIpc) is 2.27. The number of carbonyl (C=O) groups is 1. The Bertz CT molecular complexity index is 387. The first-order valence-electron chi connectivity index (χ1n) is 4.71. The van der Waals surface area contributed by atoms with Crippen molar-refractivity contribution in [1.29, 1.82) is 0 Å². The van der Waals surface area contributed by atoms with E-state index in [4.69, 9.17) is 16.7 Å². The van der Waals surface area contributed by atoms with Crippen molar-refractivity contribution in [1.82, 2.24) is 4.98 Å². The minimum atomic E-state index is -1.12. The van der Waals surface area contributed by atoms with Gasteiger partial charge in [-0.3, -0.25) is 0 Å². The Labute approximate surface area is 103 Å². The second kappa shape index (κ2) is 5.96. The number of aromatic carboxylic acids is 1. The van der Waals surface area contributed by atoms with Crippen molar-refractivity contribution in [2.24, 2.45) is 0 Å². The van der Waals surface area contributed by atoms with E-state index in [1.54, 1.807) is 17.8 Å². The molecule has 0 radical (unpaired) electrons. The average molecular weight is 261 g/mol. The Balaban J connectivity index is 2.75. The fourth-order valence-corrected chi connectivity index (χ4v) is 1.46. The van der Waals surface area contributed by atoms with E-state index in [1.165, 1.54) is 6.07 Å². The van der Waals surface area contributed by atoms with Gasteiger partial charge in [0.05, 0.1) is 5.02 Å². The molecule has 0 spiro atoms. The van der Waals surface area contributed by atoms with Gasteiger partial charge in [-0.2, -0.15) is 11.8 Å². The molecule has 4 nitrogen and oxygen atoms in total. The van der Waals surface area contributed by atoms with Gasteiger partial charge in [0.25, 0.3) is 0 Å². The second-order valence-electron chi connectivity index (χ2n) is 3.26. The van der Waals surface area contributed by atoms with E-state index >= 15 is 0 Å². The predicted octanol–water partition coefficient (Wildman–Crippen LogP) is 2.60. The second-order valence-corrected chi connectivity index (χ2v) is 4.94. The monoisotopic (exact) mass is 260 g/mol. The molecule has 1 aromatic rings. The number of rotatable bonds is 5. The van der Waals surface area contributed by atoms with Gasteiger partial charge in [0.1, 0.15) is 5.82 Å². The Morgan fingerprint density at radius 2 is 2.38 bits per heavy atom. The Morgan fingerprint density at radius 3 is 2.94 bits per heavy atom. The van der Waals surface area contributed by atoms with Gasteiger partial charge >= 0.3 is 5.97 Å². The molecule has 1 aromatic heterocycles. The van der Waals surface area contributed by atoms with Crippen LogP contribution in [-0.4, -0.2) is 34.1 Å². The SMILES string of the molecule is CSC(C)CNc1ccc(Cl)c(C(=O)O)n1. The first kappa shape index (κ1) is 13.1. The van der Waals surface area contributed by atoms with E-state index in [-0.39, 0.29) is 10.7 Å². The molecule has 6 heteroatoms. The summed E-state index contributed by atoms with van der Waals surface area (Å²) in [6.07, 6.45) is 2.02. The maximum Gasteiger partial charge on any atom is 0.356 e. The van der Waals surface area contributed by atoms with Crippen LogP contribution in [-0.2, 0) is 0 Å². The molecule has 0 amide bonds. The Kier molecular flexibility index (Phi) is 4.89. The van der Waals surface area contributed by atoms with Crippen molar-refractivity contribution in [3.05, 3.63) is 22.8 Å². The van der Waals surface area contributed by atoms with Crippen LogP contribution < -0.4 is 5.32 Å². The van der Waals surface area contributed by atoms with Gasteiger partial charge < -0.3 is 10.4 Å². The van der Waals surface area contributed by atoms with E-state index < -0.39 is 5.97 Å². The van der Waals surface area contributed by atoms with Crippen molar-refractivity contribution in [2.45, 2.75) is 12.2 Å². The highest BCUT2D eigenvalue weighted by Crippen LogP contribution is 2.17. The molecular formula is C10H13ClN2O2S. The van der Waals surface area contributed by atoms with Gasteiger partial charge in [0.15, 0.2) is 5.69 Å². The summed E-state index contributed by atoms with van der Waals surface area (Å²) in [6, 6.07) is 3.20. The molecule has 0 aliphatic carbocycles. The maximum atomic E-state index is 10.8. The van der Waals surface area contributed by atoms with Gasteiger partial charge in [-0.1, -0.05) is 18.5 Å². The molecule has 0 aliphatic rings. The van der Waals surface area contributed by atoms with E-state index in [1.807, 2.05) is 6.26 Å². The molecule has 2 N–H and O–H groups in total. The molecule has 0 aromatic carbocycles. The van der Waals surface area contributed by atoms with Gasteiger partial charge in [-0.05, 0) is 18.4 Å². The van der Waals surface area contributed by atoms with Crippen LogP contribution in [0.4, 0.5) is 5.82 Å². The van der Waals surface area contributed by atoms with Crippen molar-refractivity contribution in [3.8, 4) is 0 Å². The van der Waals surface area contributed by atoms with Gasteiger partial charge in [-0.15, -0.1) is 0 Å². The maximum absolute atomic E-state index is 10.8. The molecule has 1 atom stereocenters. The molecule has 1 rings (SSSR count). The number of hydrogen-bond acceptors (Lipinski definition) is 4. The Hall–Kier alpha value is -0.940. The molecular weight excluding hydrogens is 248 g/mol. The number of hydrogen-bond donors (Lipinski definition) is 2.